The number of carboxylic acids is 1. The van der Waals surface area contributed by atoms with E-state index in [-0.39, 0.29) is 26.2 Å². The molecule has 6 aromatic rings. The van der Waals surface area contributed by atoms with Gasteiger partial charge in [0.05, 0.1) is 35.2 Å². The number of aromatic nitrogens is 3. The van der Waals surface area contributed by atoms with Gasteiger partial charge in [-0.25, -0.2) is 9.97 Å². The molecule has 2 aromatic heterocycles. The highest BCUT2D eigenvalue weighted by atomic mass is 35.5. The molecule has 0 bridgehead atoms. The zero-order valence-corrected chi connectivity index (χ0v) is 31.9. The maximum atomic E-state index is 11.0. The van der Waals surface area contributed by atoms with Gasteiger partial charge in [0.15, 0.2) is 0 Å². The zero-order valence-electron chi connectivity index (χ0n) is 31.1. The molecular weight excluding hydrogens is 730 g/mol. The quantitative estimate of drug-likeness (QED) is 0.0704. The monoisotopic (exact) mass is 771 g/mol. The van der Waals surface area contributed by atoms with Crippen LogP contribution in [0.1, 0.15) is 52.6 Å². The number of anilines is 1. The Balaban J connectivity index is 1.24. The molecular formula is C44H42ClN5O6. The van der Waals surface area contributed by atoms with Crippen LogP contribution in [-0.4, -0.2) is 55.5 Å². The van der Waals surface area contributed by atoms with E-state index in [2.05, 4.69) is 76.6 Å². The molecule has 0 aliphatic rings. The summed E-state index contributed by atoms with van der Waals surface area (Å²) in [5.41, 5.74) is 10.1. The molecule has 0 saturated heterocycles. The number of nitrogens with zero attached hydrogens (tertiary/aromatic N) is 4. The molecule has 11 nitrogen and oxygen atoms in total. The Morgan fingerprint density at radius 2 is 1.68 bits per heavy atom. The van der Waals surface area contributed by atoms with Gasteiger partial charge in [-0.15, -0.1) is 0 Å². The van der Waals surface area contributed by atoms with Gasteiger partial charge in [-0.1, -0.05) is 54.1 Å². The summed E-state index contributed by atoms with van der Waals surface area (Å²) in [5.74, 6) is 0.570. The predicted molar refractivity (Wildman–Crippen MR) is 216 cm³/mol. The van der Waals surface area contributed by atoms with Crippen molar-refractivity contribution in [3.05, 3.63) is 130 Å². The number of pyridine rings is 1. The lowest BCUT2D eigenvalue weighted by Crippen LogP contribution is -2.13. The number of nitrogens with one attached hydrogen (secondary N) is 1. The van der Waals surface area contributed by atoms with Gasteiger partial charge in [0, 0.05) is 36.0 Å². The van der Waals surface area contributed by atoms with Crippen molar-refractivity contribution in [3.8, 4) is 39.8 Å². The summed E-state index contributed by atoms with van der Waals surface area (Å²) in [5, 5.41) is 42.2. The Labute approximate surface area is 330 Å². The standard InChI is InChI=1S/C44H42ClN5O6/c1-27-33(7-4-10-36(27)37-11-5-9-35(28(37)2)31-12-13-40-38(17-31)44(48-14-15-51)50-26-49-40)25-56-42-20-41(55-24-30-16-29(21-46)22-47-23-30)32(18-39(42)45)6-3-8-34(52)19-43(53)54/h4-5,7,9-13,16-18,20,22-23,26,34,51-52H,3,6,8,14-15,19,24-25H2,1-2H3,(H,53,54)(H,48,49,50)/t34-/m1/s1. The molecule has 2 heterocycles. The van der Waals surface area contributed by atoms with Gasteiger partial charge in [0.2, 0.25) is 0 Å². The lowest BCUT2D eigenvalue weighted by molar-refractivity contribution is -0.139. The molecule has 0 saturated carbocycles. The van der Waals surface area contributed by atoms with Crippen LogP contribution in [0.5, 0.6) is 11.5 Å². The fourth-order valence-corrected chi connectivity index (χ4v) is 6.94. The second kappa shape index (κ2) is 18.5. The molecule has 12 heteroatoms. The summed E-state index contributed by atoms with van der Waals surface area (Å²) < 4.78 is 12.6. The van der Waals surface area contributed by atoms with Crippen molar-refractivity contribution in [3.63, 3.8) is 0 Å². The van der Waals surface area contributed by atoms with Gasteiger partial charge in [-0.3, -0.25) is 9.78 Å². The third-order valence-electron chi connectivity index (χ3n) is 9.63. The Morgan fingerprint density at radius 3 is 2.46 bits per heavy atom. The number of nitriles is 1. The van der Waals surface area contributed by atoms with Gasteiger partial charge in [-0.05, 0) is 102 Å². The fraction of sp³-hybridized carbons (Fsp3) is 0.250. The molecule has 0 radical (unpaired) electrons. The van der Waals surface area contributed by atoms with E-state index < -0.39 is 12.1 Å². The van der Waals surface area contributed by atoms with E-state index in [9.17, 15) is 20.3 Å². The van der Waals surface area contributed by atoms with Crippen molar-refractivity contribution >= 4 is 34.3 Å². The lowest BCUT2D eigenvalue weighted by atomic mass is 9.89. The zero-order chi connectivity index (χ0) is 39.6. The average molecular weight is 772 g/mol. The number of benzene rings is 4. The third kappa shape index (κ3) is 9.59. The second-order valence-electron chi connectivity index (χ2n) is 13.5. The number of carbonyl (C=O) groups is 1. The van der Waals surface area contributed by atoms with E-state index in [1.165, 1.54) is 12.5 Å². The van der Waals surface area contributed by atoms with Gasteiger partial charge in [0.25, 0.3) is 0 Å². The highest BCUT2D eigenvalue weighted by Gasteiger charge is 2.17. The van der Waals surface area contributed by atoms with Crippen LogP contribution in [0.4, 0.5) is 5.82 Å². The topological polar surface area (TPSA) is 171 Å². The molecule has 0 aliphatic carbocycles. The van der Waals surface area contributed by atoms with E-state index in [1.54, 1.807) is 24.4 Å². The summed E-state index contributed by atoms with van der Waals surface area (Å²) in [4.78, 5) is 24.0. The Bertz CT molecular complexity index is 2400. The van der Waals surface area contributed by atoms with Gasteiger partial charge in [0.1, 0.15) is 42.9 Å². The van der Waals surface area contributed by atoms with Crippen molar-refractivity contribution in [1.82, 2.24) is 15.0 Å². The molecule has 0 fully saturated rings. The first-order valence-electron chi connectivity index (χ1n) is 18.3. The predicted octanol–water partition coefficient (Wildman–Crippen LogP) is 8.22. The molecule has 0 aliphatic heterocycles. The van der Waals surface area contributed by atoms with Crippen molar-refractivity contribution in [2.75, 3.05) is 18.5 Å². The molecule has 4 N–H and O–H groups in total. The van der Waals surface area contributed by atoms with Crippen molar-refractivity contribution in [2.45, 2.75) is 58.8 Å². The average Bonchev–Trinajstić information content (AvgIpc) is 3.19. The molecule has 1 atom stereocenters. The van der Waals surface area contributed by atoms with Crippen LogP contribution in [0.15, 0.2) is 91.5 Å². The van der Waals surface area contributed by atoms with Gasteiger partial charge < -0.3 is 30.1 Å². The van der Waals surface area contributed by atoms with E-state index in [0.717, 1.165) is 55.4 Å². The molecule has 4 aromatic carbocycles. The Kier molecular flexibility index (Phi) is 13.1. The van der Waals surface area contributed by atoms with Crippen LogP contribution in [0.25, 0.3) is 33.2 Å². The van der Waals surface area contributed by atoms with E-state index in [1.807, 2.05) is 18.2 Å². The van der Waals surface area contributed by atoms with Crippen molar-refractivity contribution < 1.29 is 29.6 Å². The number of carboxylic acid groups (broad SMARTS) is 1. The minimum Gasteiger partial charge on any atom is -0.488 e. The number of halogens is 1. The van der Waals surface area contributed by atoms with Crippen LogP contribution < -0.4 is 14.8 Å². The number of hydrogen-bond acceptors (Lipinski definition) is 10. The van der Waals surface area contributed by atoms with Gasteiger partial charge in [-0.2, -0.15) is 5.26 Å². The van der Waals surface area contributed by atoms with Gasteiger partial charge >= 0.3 is 5.97 Å². The minimum atomic E-state index is -1.05. The molecule has 56 heavy (non-hydrogen) atoms. The maximum absolute atomic E-state index is 11.0. The van der Waals surface area contributed by atoms with Crippen molar-refractivity contribution in [2.24, 2.45) is 0 Å². The SMILES string of the molecule is Cc1c(COc2cc(OCc3cncc(C#N)c3)c(CCC[C@@H](O)CC(=O)O)cc2Cl)cccc1-c1cccc(-c2ccc3ncnc(NCCO)c3c2)c1C. The molecule has 286 valence electrons. The largest absolute Gasteiger partial charge is 0.488 e. The Hall–Kier alpha value is -6.06. The Morgan fingerprint density at radius 1 is 0.911 bits per heavy atom. The van der Waals surface area contributed by atoms with Crippen LogP contribution in [0.2, 0.25) is 5.02 Å². The summed E-state index contributed by atoms with van der Waals surface area (Å²) in [6, 6.07) is 25.9. The third-order valence-corrected chi connectivity index (χ3v) is 9.93. The smallest absolute Gasteiger partial charge is 0.305 e. The van der Waals surface area contributed by atoms with Crippen LogP contribution in [0.3, 0.4) is 0 Å². The first kappa shape index (κ1) is 39.6. The van der Waals surface area contributed by atoms with Crippen molar-refractivity contribution in [1.29, 1.82) is 5.26 Å². The number of ether oxygens (including phenoxy) is 2. The highest BCUT2D eigenvalue weighted by Crippen LogP contribution is 2.38. The fourth-order valence-electron chi connectivity index (χ4n) is 6.70. The van der Waals surface area contributed by atoms with Crippen LogP contribution >= 0.6 is 11.6 Å². The first-order chi connectivity index (χ1) is 27.1. The summed E-state index contributed by atoms with van der Waals surface area (Å²) in [7, 11) is 0. The second-order valence-corrected chi connectivity index (χ2v) is 13.9. The number of rotatable bonds is 17. The number of aliphatic hydroxyl groups excluding tert-OH is 2. The number of fused-ring (bicyclic) bond motifs is 1. The summed E-state index contributed by atoms with van der Waals surface area (Å²) in [6.07, 6.45) is 4.65. The first-order valence-corrected chi connectivity index (χ1v) is 18.6. The normalized spacial score (nSPS) is 11.6. The van der Waals surface area contributed by atoms with Crippen LogP contribution in [-0.2, 0) is 24.4 Å². The van der Waals surface area contributed by atoms with E-state index in [4.69, 9.17) is 26.2 Å². The molecule has 0 unspecified atom stereocenters. The number of hydrogen-bond donors (Lipinski definition) is 4. The summed E-state index contributed by atoms with van der Waals surface area (Å²) >= 11 is 6.79. The lowest BCUT2D eigenvalue weighted by Gasteiger charge is -2.18. The minimum absolute atomic E-state index is 0.00565. The number of aliphatic hydroxyl groups is 2. The van der Waals surface area contributed by atoms with Crippen LogP contribution in [0, 0.1) is 25.2 Å². The molecule has 0 amide bonds. The number of aliphatic carboxylic acids is 1. The summed E-state index contributed by atoms with van der Waals surface area (Å²) in [6.45, 7) is 4.96. The highest BCUT2D eigenvalue weighted by molar-refractivity contribution is 6.32. The maximum Gasteiger partial charge on any atom is 0.305 e. The van der Waals surface area contributed by atoms with E-state index in [0.29, 0.717) is 59.3 Å². The molecule has 6 rings (SSSR count). The number of aryl methyl sites for hydroxylation is 1. The van der Waals surface area contributed by atoms with E-state index >= 15 is 0 Å². The molecule has 0 spiro atoms.